The number of hydrogen-bond donors (Lipinski definition) is 1. The highest BCUT2D eigenvalue weighted by molar-refractivity contribution is 7.92. The minimum absolute atomic E-state index is 0.0104. The van der Waals surface area contributed by atoms with Crippen LogP contribution in [0, 0.1) is 18.6 Å². The molecule has 0 amide bonds. The SMILES string of the molecule is Cc1cc(C(O)C2CCCCS2(=O)=O)c(F)cc1F. The van der Waals surface area contributed by atoms with Gasteiger partial charge in [-0.15, -0.1) is 0 Å². The number of aliphatic hydroxyl groups is 1. The third-order valence-electron chi connectivity index (χ3n) is 3.58. The van der Waals surface area contributed by atoms with Gasteiger partial charge >= 0.3 is 0 Å². The molecule has 19 heavy (non-hydrogen) atoms. The van der Waals surface area contributed by atoms with Crippen LogP contribution >= 0.6 is 0 Å². The summed E-state index contributed by atoms with van der Waals surface area (Å²) in [6.07, 6.45) is 0.114. The third kappa shape index (κ3) is 2.79. The second kappa shape index (κ2) is 5.17. The van der Waals surface area contributed by atoms with Crippen molar-refractivity contribution >= 4 is 9.84 Å². The molecule has 1 aliphatic rings. The van der Waals surface area contributed by atoms with E-state index in [0.29, 0.717) is 25.3 Å². The smallest absolute Gasteiger partial charge is 0.156 e. The molecule has 0 radical (unpaired) electrons. The molecule has 0 aromatic heterocycles. The molecular formula is C13H16F2O3S. The number of sulfone groups is 1. The van der Waals surface area contributed by atoms with E-state index in [2.05, 4.69) is 0 Å². The van der Waals surface area contributed by atoms with Gasteiger partial charge in [-0.2, -0.15) is 0 Å². The van der Waals surface area contributed by atoms with Crippen molar-refractivity contribution in [3.05, 3.63) is 34.9 Å². The first kappa shape index (κ1) is 14.4. The molecule has 0 saturated carbocycles. The Bertz CT molecular complexity index is 584. The van der Waals surface area contributed by atoms with Gasteiger partial charge in [0.1, 0.15) is 11.6 Å². The molecule has 1 saturated heterocycles. The maximum atomic E-state index is 13.7. The Labute approximate surface area is 111 Å². The highest BCUT2D eigenvalue weighted by atomic mass is 32.2. The molecular weight excluding hydrogens is 274 g/mol. The van der Waals surface area contributed by atoms with E-state index in [1.54, 1.807) is 0 Å². The van der Waals surface area contributed by atoms with Gasteiger partial charge in [0.25, 0.3) is 0 Å². The average molecular weight is 290 g/mol. The fourth-order valence-corrected chi connectivity index (χ4v) is 4.41. The quantitative estimate of drug-likeness (QED) is 0.909. The van der Waals surface area contributed by atoms with Crippen molar-refractivity contribution in [2.24, 2.45) is 0 Å². The summed E-state index contributed by atoms with van der Waals surface area (Å²) in [4.78, 5) is 0. The van der Waals surface area contributed by atoms with Crippen LogP contribution in [-0.4, -0.2) is 24.5 Å². The van der Waals surface area contributed by atoms with Gasteiger partial charge < -0.3 is 5.11 Å². The van der Waals surface area contributed by atoms with E-state index >= 15 is 0 Å². The maximum Gasteiger partial charge on any atom is 0.156 e. The van der Waals surface area contributed by atoms with Crippen molar-refractivity contribution in [2.75, 3.05) is 5.75 Å². The van der Waals surface area contributed by atoms with E-state index in [4.69, 9.17) is 0 Å². The van der Waals surface area contributed by atoms with Crippen LogP contribution in [-0.2, 0) is 9.84 Å². The summed E-state index contributed by atoms with van der Waals surface area (Å²) in [5.41, 5.74) is 0.0398. The van der Waals surface area contributed by atoms with Crippen molar-refractivity contribution in [2.45, 2.75) is 37.5 Å². The monoisotopic (exact) mass is 290 g/mol. The van der Waals surface area contributed by atoms with Crippen molar-refractivity contribution < 1.29 is 22.3 Å². The Hall–Kier alpha value is -1.01. The van der Waals surface area contributed by atoms with Gasteiger partial charge in [0, 0.05) is 11.6 Å². The molecule has 0 aliphatic carbocycles. The molecule has 0 spiro atoms. The minimum atomic E-state index is -3.42. The van der Waals surface area contributed by atoms with Crippen molar-refractivity contribution in [3.8, 4) is 0 Å². The summed E-state index contributed by atoms with van der Waals surface area (Å²) < 4.78 is 50.7. The van der Waals surface area contributed by atoms with Crippen LogP contribution < -0.4 is 0 Å². The van der Waals surface area contributed by atoms with Crippen molar-refractivity contribution in [1.82, 2.24) is 0 Å². The van der Waals surface area contributed by atoms with Crippen LogP contribution in [0.25, 0.3) is 0 Å². The Morgan fingerprint density at radius 1 is 1.26 bits per heavy atom. The third-order valence-corrected chi connectivity index (χ3v) is 5.85. The van der Waals surface area contributed by atoms with E-state index < -0.39 is 32.8 Å². The summed E-state index contributed by atoms with van der Waals surface area (Å²) >= 11 is 0. The topological polar surface area (TPSA) is 54.4 Å². The fraction of sp³-hybridized carbons (Fsp3) is 0.538. The lowest BCUT2D eigenvalue weighted by Crippen LogP contribution is -2.34. The highest BCUT2D eigenvalue weighted by Gasteiger charge is 2.36. The van der Waals surface area contributed by atoms with E-state index in [1.165, 1.54) is 13.0 Å². The summed E-state index contributed by atoms with van der Waals surface area (Å²) in [7, 11) is -3.42. The molecule has 6 heteroatoms. The molecule has 2 unspecified atom stereocenters. The number of benzene rings is 1. The van der Waals surface area contributed by atoms with Gasteiger partial charge in [-0.1, -0.05) is 6.42 Å². The first-order chi connectivity index (χ1) is 8.83. The number of halogens is 2. The molecule has 1 aromatic rings. The maximum absolute atomic E-state index is 13.7. The lowest BCUT2D eigenvalue weighted by molar-refractivity contribution is 0.159. The lowest BCUT2D eigenvalue weighted by Gasteiger charge is -2.27. The fourth-order valence-electron chi connectivity index (χ4n) is 2.44. The van der Waals surface area contributed by atoms with Gasteiger partial charge in [0.15, 0.2) is 9.84 Å². The van der Waals surface area contributed by atoms with Gasteiger partial charge in [-0.05, 0) is 31.4 Å². The summed E-state index contributed by atoms with van der Waals surface area (Å²) in [6.45, 7) is 1.44. The Kier molecular flexibility index (Phi) is 3.92. The number of hydrogen-bond acceptors (Lipinski definition) is 3. The zero-order chi connectivity index (χ0) is 14.2. The zero-order valence-electron chi connectivity index (χ0n) is 10.6. The molecule has 1 aromatic carbocycles. The predicted octanol–water partition coefficient (Wildman–Crippen LogP) is 2.27. The predicted molar refractivity (Wildman–Crippen MR) is 67.5 cm³/mol. The van der Waals surface area contributed by atoms with Crippen molar-refractivity contribution in [3.63, 3.8) is 0 Å². The van der Waals surface area contributed by atoms with Crippen LogP contribution in [0.5, 0.6) is 0 Å². The first-order valence-electron chi connectivity index (χ1n) is 6.18. The van der Waals surface area contributed by atoms with Crippen LogP contribution in [0.3, 0.4) is 0 Å². The standard InChI is InChI=1S/C13H16F2O3S/c1-8-6-9(11(15)7-10(8)14)13(16)12-4-2-3-5-19(12,17)18/h6-7,12-13,16H,2-5H2,1H3. The first-order valence-corrected chi connectivity index (χ1v) is 7.89. The van der Waals surface area contributed by atoms with Crippen LogP contribution in [0.2, 0.25) is 0 Å². The van der Waals surface area contributed by atoms with Crippen LogP contribution in [0.1, 0.15) is 36.5 Å². The second-order valence-electron chi connectivity index (χ2n) is 4.97. The van der Waals surface area contributed by atoms with Crippen LogP contribution in [0.15, 0.2) is 12.1 Å². The summed E-state index contributed by atoms with van der Waals surface area (Å²) in [5, 5.41) is 9.14. The van der Waals surface area contributed by atoms with Crippen molar-refractivity contribution in [1.29, 1.82) is 0 Å². The molecule has 2 atom stereocenters. The zero-order valence-corrected chi connectivity index (χ0v) is 11.4. The van der Waals surface area contributed by atoms with E-state index in [-0.39, 0.29) is 16.9 Å². The number of aliphatic hydroxyl groups excluding tert-OH is 1. The Morgan fingerprint density at radius 3 is 2.58 bits per heavy atom. The summed E-state index contributed by atoms with van der Waals surface area (Å²) in [6, 6.07) is 1.86. The average Bonchev–Trinajstić information content (AvgIpc) is 2.32. The Balaban J connectivity index is 2.39. The normalized spacial score (nSPS) is 24.1. The Morgan fingerprint density at radius 2 is 1.95 bits per heavy atom. The number of rotatable bonds is 2. The van der Waals surface area contributed by atoms with Gasteiger partial charge in [0.2, 0.25) is 0 Å². The molecule has 1 fully saturated rings. The van der Waals surface area contributed by atoms with Gasteiger partial charge in [0.05, 0.1) is 17.1 Å². The lowest BCUT2D eigenvalue weighted by atomic mass is 10.00. The largest absolute Gasteiger partial charge is 0.387 e. The van der Waals surface area contributed by atoms with Gasteiger partial charge in [-0.25, -0.2) is 17.2 Å². The van der Waals surface area contributed by atoms with E-state index in [1.807, 2.05) is 0 Å². The summed E-state index contributed by atoms with van der Waals surface area (Å²) in [5.74, 6) is -1.60. The van der Waals surface area contributed by atoms with E-state index in [0.717, 1.165) is 0 Å². The molecule has 2 rings (SSSR count). The molecule has 3 nitrogen and oxygen atoms in total. The van der Waals surface area contributed by atoms with E-state index in [9.17, 15) is 22.3 Å². The molecule has 1 heterocycles. The molecule has 1 N–H and O–H groups in total. The molecule has 106 valence electrons. The number of aryl methyl sites for hydroxylation is 1. The highest BCUT2D eigenvalue weighted by Crippen LogP contribution is 2.32. The minimum Gasteiger partial charge on any atom is -0.387 e. The van der Waals surface area contributed by atoms with Gasteiger partial charge in [-0.3, -0.25) is 0 Å². The second-order valence-corrected chi connectivity index (χ2v) is 7.31. The molecule has 1 aliphatic heterocycles. The van der Waals surface area contributed by atoms with Crippen LogP contribution in [0.4, 0.5) is 8.78 Å². The molecule has 0 bridgehead atoms.